The molecule has 3 aromatic rings. The summed E-state index contributed by atoms with van der Waals surface area (Å²) in [7, 11) is 0. The summed E-state index contributed by atoms with van der Waals surface area (Å²) >= 11 is 12.1. The van der Waals surface area contributed by atoms with Crippen LogP contribution in [0.4, 0.5) is 11.4 Å². The summed E-state index contributed by atoms with van der Waals surface area (Å²) in [5.74, 6) is -0.851. The highest BCUT2D eigenvalue weighted by molar-refractivity contribution is 6.37. The van der Waals surface area contributed by atoms with E-state index >= 15 is 0 Å². The molecule has 0 aliphatic rings. The number of hydrogen-bond donors (Lipinski definition) is 2. The molecule has 0 unspecified atom stereocenters. The molecule has 0 aliphatic carbocycles. The molecule has 0 bridgehead atoms. The number of carbonyl (C=O) groups excluding carboxylic acids is 1. The summed E-state index contributed by atoms with van der Waals surface area (Å²) in [5.41, 5.74) is -0.0429. The maximum absolute atomic E-state index is 12.5. The predicted octanol–water partition coefficient (Wildman–Crippen LogP) is 5.01. The smallest absolute Gasteiger partial charge is 0.271 e. The Labute approximate surface area is 151 Å². The number of benzene rings is 3. The Bertz CT molecular complexity index is 1020. The molecule has 0 fully saturated rings. The highest BCUT2D eigenvalue weighted by Gasteiger charge is 2.18. The van der Waals surface area contributed by atoms with Crippen LogP contribution in [-0.2, 0) is 0 Å². The monoisotopic (exact) mass is 376 g/mol. The number of nitrogens with one attached hydrogen (secondary N) is 1. The average Bonchev–Trinajstić information content (AvgIpc) is 2.59. The van der Waals surface area contributed by atoms with Gasteiger partial charge in [-0.25, -0.2) is 0 Å². The molecule has 1 amide bonds. The van der Waals surface area contributed by atoms with E-state index in [0.29, 0.717) is 15.8 Å². The molecule has 0 aliphatic heterocycles. The zero-order valence-electron chi connectivity index (χ0n) is 12.5. The fourth-order valence-corrected chi connectivity index (χ4v) is 2.89. The van der Waals surface area contributed by atoms with Crippen LogP contribution in [0.25, 0.3) is 10.8 Å². The number of nitro groups is 1. The third-order valence-corrected chi connectivity index (χ3v) is 4.25. The maximum atomic E-state index is 12.5. The molecule has 126 valence electrons. The second-order valence-corrected chi connectivity index (χ2v) is 5.99. The van der Waals surface area contributed by atoms with E-state index in [1.165, 1.54) is 18.2 Å². The van der Waals surface area contributed by atoms with Crippen LogP contribution in [0, 0.1) is 10.1 Å². The van der Waals surface area contributed by atoms with Crippen molar-refractivity contribution in [1.82, 2.24) is 0 Å². The summed E-state index contributed by atoms with van der Waals surface area (Å²) in [6.45, 7) is 0. The summed E-state index contributed by atoms with van der Waals surface area (Å²) < 4.78 is 0. The normalized spacial score (nSPS) is 10.6. The Morgan fingerprint density at radius 3 is 2.36 bits per heavy atom. The molecule has 25 heavy (non-hydrogen) atoms. The van der Waals surface area contributed by atoms with Crippen molar-refractivity contribution in [1.29, 1.82) is 0 Å². The molecule has 0 radical (unpaired) electrons. The Kier molecular flexibility index (Phi) is 4.48. The number of phenols is 1. The Balaban J connectivity index is 1.98. The van der Waals surface area contributed by atoms with E-state index in [2.05, 4.69) is 5.32 Å². The predicted molar refractivity (Wildman–Crippen MR) is 96.7 cm³/mol. The Morgan fingerprint density at radius 2 is 1.72 bits per heavy atom. The summed E-state index contributed by atoms with van der Waals surface area (Å²) in [4.78, 5) is 22.6. The number of non-ortho nitro benzene ring substituents is 1. The Morgan fingerprint density at radius 1 is 1.04 bits per heavy atom. The van der Waals surface area contributed by atoms with Gasteiger partial charge in [0.05, 0.1) is 21.2 Å². The van der Waals surface area contributed by atoms with E-state index < -0.39 is 10.8 Å². The summed E-state index contributed by atoms with van der Waals surface area (Å²) in [6.07, 6.45) is 0. The number of nitrogens with zero attached hydrogens (tertiary/aromatic N) is 1. The third kappa shape index (κ3) is 3.22. The van der Waals surface area contributed by atoms with Crippen LogP contribution < -0.4 is 5.32 Å². The molecular formula is C17H10Cl2N2O4. The zero-order chi connectivity index (χ0) is 18.1. The number of nitro benzene ring substituents is 1. The van der Waals surface area contributed by atoms with Gasteiger partial charge in [-0.15, -0.1) is 0 Å². The van der Waals surface area contributed by atoms with Gasteiger partial charge in [-0.2, -0.15) is 0 Å². The number of fused-ring (bicyclic) bond motifs is 1. The standard InChI is InChI=1S/C17H10Cl2N2O4/c18-13-8-12(16(22)11-4-2-1-3-10(11)13)17(23)20-15-6-5-9(21(24)25)7-14(15)19/h1-8,22H,(H,20,23). The fraction of sp³-hybridized carbons (Fsp3) is 0. The second-order valence-electron chi connectivity index (χ2n) is 5.18. The van der Waals surface area contributed by atoms with Gasteiger partial charge in [0.15, 0.2) is 0 Å². The van der Waals surface area contributed by atoms with Crippen molar-refractivity contribution < 1.29 is 14.8 Å². The first-order valence-electron chi connectivity index (χ1n) is 7.04. The molecule has 0 saturated heterocycles. The number of phenolic OH excluding ortho intramolecular Hbond substituents is 1. The van der Waals surface area contributed by atoms with Crippen molar-refractivity contribution in [3.05, 3.63) is 74.3 Å². The molecule has 0 atom stereocenters. The lowest BCUT2D eigenvalue weighted by atomic mass is 10.0. The largest absolute Gasteiger partial charge is 0.506 e. The van der Waals surface area contributed by atoms with Crippen LogP contribution in [0.5, 0.6) is 5.75 Å². The van der Waals surface area contributed by atoms with Gasteiger partial charge in [0, 0.05) is 27.9 Å². The molecule has 3 rings (SSSR count). The quantitative estimate of drug-likeness (QED) is 0.496. The molecule has 6 nitrogen and oxygen atoms in total. The number of amides is 1. The lowest BCUT2D eigenvalue weighted by molar-refractivity contribution is -0.384. The average molecular weight is 377 g/mol. The minimum Gasteiger partial charge on any atom is -0.506 e. The van der Waals surface area contributed by atoms with Gasteiger partial charge in [0.2, 0.25) is 0 Å². The van der Waals surface area contributed by atoms with Crippen LogP contribution in [0.15, 0.2) is 48.5 Å². The van der Waals surface area contributed by atoms with Gasteiger partial charge in [0.1, 0.15) is 5.75 Å². The van der Waals surface area contributed by atoms with Crippen LogP contribution in [0.1, 0.15) is 10.4 Å². The van der Waals surface area contributed by atoms with Crippen LogP contribution in [0.3, 0.4) is 0 Å². The highest BCUT2D eigenvalue weighted by Crippen LogP contribution is 2.35. The topological polar surface area (TPSA) is 92.5 Å². The lowest BCUT2D eigenvalue weighted by Gasteiger charge is -2.11. The molecule has 2 N–H and O–H groups in total. The van der Waals surface area contributed by atoms with Gasteiger partial charge < -0.3 is 10.4 Å². The zero-order valence-corrected chi connectivity index (χ0v) is 14.0. The van der Waals surface area contributed by atoms with Gasteiger partial charge in [-0.3, -0.25) is 14.9 Å². The number of carbonyl (C=O) groups is 1. The summed E-state index contributed by atoms with van der Waals surface area (Å²) in [5, 5.41) is 25.0. The molecule has 0 aromatic heterocycles. The van der Waals surface area contributed by atoms with E-state index in [9.17, 15) is 20.0 Å². The number of rotatable bonds is 3. The van der Waals surface area contributed by atoms with E-state index in [-0.39, 0.29) is 27.7 Å². The minimum atomic E-state index is -0.638. The van der Waals surface area contributed by atoms with Crippen LogP contribution in [0.2, 0.25) is 10.0 Å². The number of aromatic hydroxyl groups is 1. The first kappa shape index (κ1) is 17.0. The first-order valence-corrected chi connectivity index (χ1v) is 7.79. The van der Waals surface area contributed by atoms with Crippen LogP contribution >= 0.6 is 23.2 Å². The van der Waals surface area contributed by atoms with Crippen molar-refractivity contribution in [3.8, 4) is 5.75 Å². The van der Waals surface area contributed by atoms with Crippen molar-refractivity contribution in [2.45, 2.75) is 0 Å². The van der Waals surface area contributed by atoms with E-state index in [4.69, 9.17) is 23.2 Å². The third-order valence-electron chi connectivity index (χ3n) is 3.62. The number of halogens is 2. The number of hydrogen-bond acceptors (Lipinski definition) is 4. The van der Waals surface area contributed by atoms with E-state index in [1.807, 2.05) is 0 Å². The summed E-state index contributed by atoms with van der Waals surface area (Å²) in [6, 6.07) is 11.9. The van der Waals surface area contributed by atoms with Crippen molar-refractivity contribution >= 4 is 51.3 Å². The molecule has 3 aromatic carbocycles. The SMILES string of the molecule is O=C(Nc1ccc([N+](=O)[O-])cc1Cl)c1cc(Cl)c2ccccc2c1O. The molecular weight excluding hydrogens is 367 g/mol. The fourth-order valence-electron chi connectivity index (χ4n) is 2.40. The van der Waals surface area contributed by atoms with Gasteiger partial charge in [-0.05, 0) is 12.1 Å². The molecule has 8 heteroatoms. The lowest BCUT2D eigenvalue weighted by Crippen LogP contribution is -2.12. The second kappa shape index (κ2) is 6.58. The Hall–Kier alpha value is -2.83. The molecule has 0 spiro atoms. The van der Waals surface area contributed by atoms with Crippen molar-refractivity contribution in [3.63, 3.8) is 0 Å². The van der Waals surface area contributed by atoms with Crippen molar-refractivity contribution in [2.24, 2.45) is 0 Å². The molecule has 0 saturated carbocycles. The highest BCUT2D eigenvalue weighted by atomic mass is 35.5. The number of anilines is 1. The minimum absolute atomic E-state index is 0.00826. The van der Waals surface area contributed by atoms with Gasteiger partial charge >= 0.3 is 0 Å². The molecule has 0 heterocycles. The first-order chi connectivity index (χ1) is 11.9. The van der Waals surface area contributed by atoms with E-state index in [0.717, 1.165) is 6.07 Å². The van der Waals surface area contributed by atoms with Gasteiger partial charge in [0.25, 0.3) is 11.6 Å². The maximum Gasteiger partial charge on any atom is 0.271 e. The van der Waals surface area contributed by atoms with Crippen LogP contribution in [-0.4, -0.2) is 15.9 Å². The van der Waals surface area contributed by atoms with Gasteiger partial charge in [-0.1, -0.05) is 47.5 Å². The van der Waals surface area contributed by atoms with Crippen molar-refractivity contribution in [2.75, 3.05) is 5.32 Å². The van der Waals surface area contributed by atoms with E-state index in [1.54, 1.807) is 24.3 Å².